The van der Waals surface area contributed by atoms with E-state index in [1.165, 1.54) is 24.1 Å². The minimum atomic E-state index is -0.443. The van der Waals surface area contributed by atoms with Gasteiger partial charge in [0.05, 0.1) is 13.0 Å². The molecule has 1 fully saturated rings. The maximum atomic E-state index is 11.9. The van der Waals surface area contributed by atoms with Gasteiger partial charge >= 0.3 is 11.7 Å². The van der Waals surface area contributed by atoms with Gasteiger partial charge in [-0.3, -0.25) is 14.2 Å². The van der Waals surface area contributed by atoms with Gasteiger partial charge in [-0.15, -0.1) is 0 Å². The summed E-state index contributed by atoms with van der Waals surface area (Å²) in [4.78, 5) is 38.3. The van der Waals surface area contributed by atoms with E-state index in [0.717, 1.165) is 12.8 Å². The maximum absolute atomic E-state index is 11.9. The monoisotopic (exact) mass is 293 g/mol. The van der Waals surface area contributed by atoms with E-state index in [1.807, 2.05) is 0 Å². The third-order valence-corrected chi connectivity index (χ3v) is 3.72. The normalized spacial score (nSPS) is 21.6. The molecular formula is C14H19N3O4. The van der Waals surface area contributed by atoms with E-state index in [0.29, 0.717) is 12.8 Å². The van der Waals surface area contributed by atoms with E-state index in [9.17, 15) is 14.4 Å². The van der Waals surface area contributed by atoms with Crippen LogP contribution in [-0.4, -0.2) is 34.6 Å². The third-order valence-electron chi connectivity index (χ3n) is 3.72. The predicted octanol–water partition coefficient (Wildman–Crippen LogP) is 0.0913. The number of amides is 1. The molecule has 1 aromatic heterocycles. The van der Waals surface area contributed by atoms with Crippen LogP contribution < -0.4 is 11.0 Å². The Kier molecular flexibility index (Phi) is 5.08. The fourth-order valence-electron chi connectivity index (χ4n) is 2.58. The summed E-state index contributed by atoms with van der Waals surface area (Å²) in [6.45, 7) is -0.0381. The highest BCUT2D eigenvalue weighted by Crippen LogP contribution is 2.25. The average Bonchev–Trinajstić information content (AvgIpc) is 2.49. The molecule has 1 aromatic rings. The Bertz CT molecular complexity index is 561. The van der Waals surface area contributed by atoms with Crippen LogP contribution in [-0.2, 0) is 20.9 Å². The van der Waals surface area contributed by atoms with Gasteiger partial charge in [0.2, 0.25) is 5.91 Å². The van der Waals surface area contributed by atoms with Crippen LogP contribution in [0.2, 0.25) is 0 Å². The van der Waals surface area contributed by atoms with Gasteiger partial charge in [0.15, 0.2) is 0 Å². The van der Waals surface area contributed by atoms with Gasteiger partial charge < -0.3 is 10.1 Å². The second kappa shape index (κ2) is 7.01. The third kappa shape index (κ3) is 4.14. The van der Waals surface area contributed by atoms with Gasteiger partial charge in [-0.2, -0.15) is 0 Å². The first kappa shape index (κ1) is 15.2. The average molecular weight is 293 g/mol. The highest BCUT2D eigenvalue weighted by Gasteiger charge is 2.27. The Morgan fingerprint density at radius 3 is 2.71 bits per heavy atom. The summed E-state index contributed by atoms with van der Waals surface area (Å²) in [7, 11) is 1.39. The van der Waals surface area contributed by atoms with Crippen LogP contribution in [0.1, 0.15) is 25.7 Å². The van der Waals surface area contributed by atoms with Crippen LogP contribution in [0.25, 0.3) is 0 Å². The Labute approximate surface area is 122 Å². The van der Waals surface area contributed by atoms with Gasteiger partial charge in [0.25, 0.3) is 0 Å². The number of ether oxygens (including phenoxy) is 1. The van der Waals surface area contributed by atoms with Crippen LogP contribution in [0.15, 0.2) is 23.3 Å². The van der Waals surface area contributed by atoms with Crippen molar-refractivity contribution in [2.24, 2.45) is 5.92 Å². The number of nitrogens with one attached hydrogen (secondary N) is 1. The van der Waals surface area contributed by atoms with Gasteiger partial charge in [0, 0.05) is 18.4 Å². The first-order valence-electron chi connectivity index (χ1n) is 6.99. The van der Waals surface area contributed by atoms with Crippen molar-refractivity contribution >= 4 is 11.9 Å². The molecule has 0 unspecified atom stereocenters. The molecule has 1 heterocycles. The highest BCUT2D eigenvalue weighted by molar-refractivity contribution is 5.76. The number of carbonyl (C=O) groups excluding carboxylic acids is 2. The van der Waals surface area contributed by atoms with E-state index in [4.69, 9.17) is 4.74 Å². The molecule has 0 atom stereocenters. The van der Waals surface area contributed by atoms with Crippen molar-refractivity contribution in [3.8, 4) is 0 Å². The van der Waals surface area contributed by atoms with Crippen molar-refractivity contribution in [2.45, 2.75) is 38.3 Å². The second-order valence-corrected chi connectivity index (χ2v) is 5.17. The standard InChI is InChI=1S/C14H19N3O4/c1-21-13(19)10-3-5-11(6-4-10)16-12(18)9-17-8-2-7-15-14(17)20/h2,7-8,10-11H,3-6,9H2,1H3,(H,16,18). The zero-order chi connectivity index (χ0) is 15.2. The van der Waals surface area contributed by atoms with Crippen LogP contribution >= 0.6 is 0 Å². The van der Waals surface area contributed by atoms with Gasteiger partial charge in [-0.05, 0) is 31.7 Å². The summed E-state index contributed by atoms with van der Waals surface area (Å²) < 4.78 is 5.99. The minimum Gasteiger partial charge on any atom is -0.469 e. The van der Waals surface area contributed by atoms with E-state index in [1.54, 1.807) is 6.07 Å². The smallest absolute Gasteiger partial charge is 0.347 e. The number of rotatable bonds is 4. The molecule has 114 valence electrons. The number of nitrogens with zero attached hydrogens (tertiary/aromatic N) is 2. The molecule has 0 aliphatic heterocycles. The zero-order valence-corrected chi connectivity index (χ0v) is 11.9. The minimum absolute atomic E-state index is 0.0381. The lowest BCUT2D eigenvalue weighted by Crippen LogP contribution is -2.41. The summed E-state index contributed by atoms with van der Waals surface area (Å²) in [6.07, 6.45) is 5.84. The summed E-state index contributed by atoms with van der Waals surface area (Å²) >= 11 is 0. The van der Waals surface area contributed by atoms with E-state index >= 15 is 0 Å². The van der Waals surface area contributed by atoms with E-state index in [2.05, 4.69) is 10.3 Å². The largest absolute Gasteiger partial charge is 0.469 e. The maximum Gasteiger partial charge on any atom is 0.347 e. The molecule has 1 saturated carbocycles. The van der Waals surface area contributed by atoms with Crippen LogP contribution in [0, 0.1) is 5.92 Å². The van der Waals surface area contributed by atoms with Crippen molar-refractivity contribution < 1.29 is 14.3 Å². The van der Waals surface area contributed by atoms with Crippen molar-refractivity contribution in [3.63, 3.8) is 0 Å². The molecule has 0 aromatic carbocycles. The number of carbonyl (C=O) groups is 2. The van der Waals surface area contributed by atoms with Crippen molar-refractivity contribution in [3.05, 3.63) is 28.9 Å². The number of esters is 1. The predicted molar refractivity (Wildman–Crippen MR) is 74.4 cm³/mol. The molecule has 2 rings (SSSR count). The number of methoxy groups -OCH3 is 1. The summed E-state index contributed by atoms with van der Waals surface area (Å²) in [5, 5.41) is 2.89. The van der Waals surface area contributed by atoms with Crippen LogP contribution in [0.3, 0.4) is 0 Å². The SMILES string of the molecule is COC(=O)C1CCC(NC(=O)Cn2cccnc2=O)CC1. The Balaban J connectivity index is 1.81. The Morgan fingerprint density at radius 1 is 1.38 bits per heavy atom. The number of aromatic nitrogens is 2. The van der Waals surface area contributed by atoms with Crippen molar-refractivity contribution in [2.75, 3.05) is 7.11 Å². The molecule has 1 aliphatic rings. The zero-order valence-electron chi connectivity index (χ0n) is 11.9. The van der Waals surface area contributed by atoms with Gasteiger partial charge in [0.1, 0.15) is 6.54 Å². The van der Waals surface area contributed by atoms with Crippen molar-refractivity contribution in [1.82, 2.24) is 14.9 Å². The molecule has 21 heavy (non-hydrogen) atoms. The lowest BCUT2D eigenvalue weighted by atomic mass is 9.86. The number of hydrogen-bond acceptors (Lipinski definition) is 5. The quantitative estimate of drug-likeness (QED) is 0.795. The molecule has 0 radical (unpaired) electrons. The molecule has 0 spiro atoms. The van der Waals surface area contributed by atoms with Crippen LogP contribution in [0.5, 0.6) is 0 Å². The second-order valence-electron chi connectivity index (χ2n) is 5.17. The molecule has 0 bridgehead atoms. The lowest BCUT2D eigenvalue weighted by molar-refractivity contribution is -0.146. The molecule has 7 heteroatoms. The summed E-state index contributed by atoms with van der Waals surface area (Å²) in [5.41, 5.74) is -0.443. The molecule has 1 amide bonds. The van der Waals surface area contributed by atoms with Crippen LogP contribution in [0.4, 0.5) is 0 Å². The number of hydrogen-bond donors (Lipinski definition) is 1. The topological polar surface area (TPSA) is 90.3 Å². The van der Waals surface area contributed by atoms with E-state index < -0.39 is 5.69 Å². The summed E-state index contributed by atoms with van der Waals surface area (Å²) in [5.74, 6) is -0.461. The Hall–Kier alpha value is -2.18. The molecule has 1 aliphatic carbocycles. The van der Waals surface area contributed by atoms with Gasteiger partial charge in [-0.1, -0.05) is 0 Å². The fourth-order valence-corrected chi connectivity index (χ4v) is 2.58. The highest BCUT2D eigenvalue weighted by atomic mass is 16.5. The lowest BCUT2D eigenvalue weighted by Gasteiger charge is -2.27. The van der Waals surface area contributed by atoms with Crippen molar-refractivity contribution in [1.29, 1.82) is 0 Å². The first-order valence-corrected chi connectivity index (χ1v) is 6.99. The molecule has 0 saturated heterocycles. The summed E-state index contributed by atoms with van der Waals surface area (Å²) in [6, 6.07) is 1.65. The molecule has 7 nitrogen and oxygen atoms in total. The molecular weight excluding hydrogens is 274 g/mol. The first-order chi connectivity index (χ1) is 10.1. The van der Waals surface area contributed by atoms with Gasteiger partial charge in [-0.25, -0.2) is 9.78 Å². The van der Waals surface area contributed by atoms with E-state index in [-0.39, 0.29) is 30.4 Å². The fraction of sp³-hybridized carbons (Fsp3) is 0.571. The molecule has 1 N–H and O–H groups in total. The Morgan fingerprint density at radius 2 is 2.10 bits per heavy atom.